The van der Waals surface area contributed by atoms with Gasteiger partial charge in [0, 0.05) is 48.9 Å². The van der Waals surface area contributed by atoms with Gasteiger partial charge in [-0.25, -0.2) is 9.97 Å². The van der Waals surface area contributed by atoms with Crippen LogP contribution in [0.3, 0.4) is 0 Å². The highest BCUT2D eigenvalue weighted by Crippen LogP contribution is 2.27. The maximum Gasteiger partial charge on any atom is 0.133 e. The topological polar surface area (TPSA) is 41.5 Å². The second-order valence-corrected chi connectivity index (χ2v) is 7.76. The van der Waals surface area contributed by atoms with Crippen LogP contribution in [-0.2, 0) is 17.8 Å². The Labute approximate surface area is 147 Å². The lowest BCUT2D eigenvalue weighted by Crippen LogP contribution is -2.38. The largest absolute Gasteiger partial charge is 0.380 e. The third-order valence-electron chi connectivity index (χ3n) is 4.87. The maximum absolute atomic E-state index is 5.60. The van der Waals surface area contributed by atoms with E-state index < -0.39 is 0 Å². The summed E-state index contributed by atoms with van der Waals surface area (Å²) in [7, 11) is 0. The van der Waals surface area contributed by atoms with Crippen LogP contribution in [0, 0.1) is 13.8 Å². The van der Waals surface area contributed by atoms with Crippen LogP contribution in [0.4, 0.5) is 5.82 Å². The van der Waals surface area contributed by atoms with E-state index in [1.54, 1.807) is 11.3 Å². The minimum Gasteiger partial charge on any atom is -0.380 e. The van der Waals surface area contributed by atoms with E-state index in [1.165, 1.54) is 5.56 Å². The first kappa shape index (κ1) is 16.0. The van der Waals surface area contributed by atoms with Gasteiger partial charge in [-0.15, -0.1) is 11.3 Å². The molecule has 5 nitrogen and oxygen atoms in total. The fraction of sp³-hybridized carbons (Fsp3) is 0.556. The molecule has 2 aliphatic rings. The van der Waals surface area contributed by atoms with E-state index in [-0.39, 0.29) is 0 Å². The summed E-state index contributed by atoms with van der Waals surface area (Å²) in [6, 6.07) is 4.91. The molecule has 0 aliphatic carbocycles. The first-order valence-electron chi connectivity index (χ1n) is 8.63. The number of fused-ring (bicyclic) bond motifs is 1. The van der Waals surface area contributed by atoms with Gasteiger partial charge in [-0.05, 0) is 26.3 Å². The highest BCUT2D eigenvalue weighted by atomic mass is 32.1. The fourth-order valence-electron chi connectivity index (χ4n) is 3.57. The SMILES string of the molecule is Cc1ccc2c(n1)N(Cc1csc(C)n1)CCN([C@@H]1CCOC1)C2. The Hall–Kier alpha value is -1.50. The average molecular weight is 344 g/mol. The third-order valence-corrected chi connectivity index (χ3v) is 5.69. The van der Waals surface area contributed by atoms with Crippen LogP contribution >= 0.6 is 11.3 Å². The number of ether oxygens (including phenoxy) is 1. The molecule has 24 heavy (non-hydrogen) atoms. The number of hydrogen-bond acceptors (Lipinski definition) is 6. The lowest BCUT2D eigenvalue weighted by molar-refractivity contribution is 0.142. The van der Waals surface area contributed by atoms with Crippen molar-refractivity contribution in [2.24, 2.45) is 0 Å². The zero-order valence-electron chi connectivity index (χ0n) is 14.4. The van der Waals surface area contributed by atoms with E-state index in [9.17, 15) is 0 Å². The molecular formula is C18H24N4OS. The Morgan fingerprint density at radius 3 is 2.92 bits per heavy atom. The number of hydrogen-bond donors (Lipinski definition) is 0. The van der Waals surface area contributed by atoms with E-state index in [4.69, 9.17) is 9.72 Å². The Balaban J connectivity index is 1.61. The van der Waals surface area contributed by atoms with Crippen molar-refractivity contribution < 1.29 is 4.74 Å². The van der Waals surface area contributed by atoms with Crippen molar-refractivity contribution in [3.63, 3.8) is 0 Å². The number of nitrogens with zero attached hydrogens (tertiary/aromatic N) is 4. The highest BCUT2D eigenvalue weighted by Gasteiger charge is 2.28. The first-order chi connectivity index (χ1) is 11.7. The standard InChI is InChI=1S/C18H24N4OS/c1-13-3-4-15-9-21(17-5-8-23-11-17)6-7-22(18(15)19-13)10-16-12-24-14(2)20-16/h3-4,12,17H,5-11H2,1-2H3/t17-/m1/s1. The van der Waals surface area contributed by atoms with Gasteiger partial charge in [0.25, 0.3) is 0 Å². The summed E-state index contributed by atoms with van der Waals surface area (Å²) in [4.78, 5) is 14.5. The molecule has 2 aromatic heterocycles. The third kappa shape index (κ3) is 3.31. The van der Waals surface area contributed by atoms with Crippen LogP contribution in [-0.4, -0.2) is 47.2 Å². The van der Waals surface area contributed by atoms with Crippen LogP contribution in [0.15, 0.2) is 17.5 Å². The number of aryl methyl sites for hydroxylation is 2. The van der Waals surface area contributed by atoms with Gasteiger partial charge in [0.15, 0.2) is 0 Å². The molecule has 0 amide bonds. The quantitative estimate of drug-likeness (QED) is 0.856. The molecule has 0 radical (unpaired) electrons. The highest BCUT2D eigenvalue weighted by molar-refractivity contribution is 7.09. The van der Waals surface area contributed by atoms with Crippen molar-refractivity contribution in [2.75, 3.05) is 31.2 Å². The molecule has 2 aromatic rings. The van der Waals surface area contributed by atoms with E-state index in [2.05, 4.69) is 46.1 Å². The van der Waals surface area contributed by atoms with Crippen LogP contribution < -0.4 is 4.90 Å². The number of thiazole rings is 1. The van der Waals surface area contributed by atoms with Crippen molar-refractivity contribution in [2.45, 2.75) is 39.4 Å². The molecule has 4 heterocycles. The molecule has 1 fully saturated rings. The van der Waals surface area contributed by atoms with Crippen LogP contribution in [0.1, 0.15) is 28.4 Å². The van der Waals surface area contributed by atoms with Gasteiger partial charge >= 0.3 is 0 Å². The molecule has 1 saturated heterocycles. The molecule has 128 valence electrons. The molecule has 2 aliphatic heterocycles. The minimum absolute atomic E-state index is 0.542. The summed E-state index contributed by atoms with van der Waals surface area (Å²) < 4.78 is 5.60. The molecule has 1 atom stereocenters. The minimum atomic E-state index is 0.542. The fourth-order valence-corrected chi connectivity index (χ4v) is 4.18. The molecule has 0 N–H and O–H groups in total. The van der Waals surface area contributed by atoms with Gasteiger partial charge in [-0.1, -0.05) is 6.07 Å². The Kier molecular flexibility index (Phi) is 4.52. The van der Waals surface area contributed by atoms with Gasteiger partial charge in [0.1, 0.15) is 5.82 Å². The van der Waals surface area contributed by atoms with Gasteiger partial charge in [-0.3, -0.25) is 4.90 Å². The Morgan fingerprint density at radius 1 is 1.25 bits per heavy atom. The van der Waals surface area contributed by atoms with Crippen molar-refractivity contribution in [3.8, 4) is 0 Å². The number of anilines is 1. The van der Waals surface area contributed by atoms with Gasteiger partial charge in [0.05, 0.1) is 23.9 Å². The number of rotatable bonds is 3. The summed E-state index contributed by atoms with van der Waals surface area (Å²) >= 11 is 1.72. The Bertz CT molecular complexity index is 711. The molecular weight excluding hydrogens is 320 g/mol. The zero-order valence-corrected chi connectivity index (χ0v) is 15.2. The predicted molar refractivity (Wildman–Crippen MR) is 96.5 cm³/mol. The molecule has 6 heteroatoms. The summed E-state index contributed by atoms with van der Waals surface area (Å²) in [5.74, 6) is 1.13. The van der Waals surface area contributed by atoms with Gasteiger partial charge < -0.3 is 9.64 Å². The summed E-state index contributed by atoms with van der Waals surface area (Å²) in [5, 5.41) is 3.29. The molecule has 0 saturated carbocycles. The second-order valence-electron chi connectivity index (χ2n) is 6.70. The number of pyridine rings is 1. The second kappa shape index (κ2) is 6.78. The molecule has 0 aromatic carbocycles. The smallest absolute Gasteiger partial charge is 0.133 e. The summed E-state index contributed by atoms with van der Waals surface area (Å²) in [6.07, 6.45) is 1.14. The monoisotopic (exact) mass is 344 g/mol. The zero-order chi connectivity index (χ0) is 16.5. The predicted octanol–water partition coefficient (Wildman–Crippen LogP) is 2.77. The van der Waals surface area contributed by atoms with Crippen molar-refractivity contribution >= 4 is 17.2 Å². The maximum atomic E-state index is 5.60. The summed E-state index contributed by atoms with van der Waals surface area (Å²) in [5.41, 5.74) is 3.53. The van der Waals surface area contributed by atoms with E-state index in [0.717, 1.165) is 68.0 Å². The number of aromatic nitrogens is 2. The molecule has 0 spiro atoms. The van der Waals surface area contributed by atoms with Gasteiger partial charge in [0.2, 0.25) is 0 Å². The van der Waals surface area contributed by atoms with Crippen LogP contribution in [0.5, 0.6) is 0 Å². The Morgan fingerprint density at radius 2 is 2.17 bits per heavy atom. The normalized spacial score (nSPS) is 21.8. The van der Waals surface area contributed by atoms with Crippen molar-refractivity contribution in [3.05, 3.63) is 39.5 Å². The van der Waals surface area contributed by atoms with E-state index in [0.29, 0.717) is 6.04 Å². The molecule has 0 bridgehead atoms. The molecule has 4 rings (SSSR count). The van der Waals surface area contributed by atoms with Gasteiger partial charge in [-0.2, -0.15) is 0 Å². The molecule has 0 unspecified atom stereocenters. The van der Waals surface area contributed by atoms with Crippen molar-refractivity contribution in [1.29, 1.82) is 0 Å². The average Bonchev–Trinajstić information content (AvgIpc) is 3.20. The van der Waals surface area contributed by atoms with Crippen LogP contribution in [0.25, 0.3) is 0 Å². The summed E-state index contributed by atoms with van der Waals surface area (Å²) in [6.45, 7) is 9.71. The lowest BCUT2D eigenvalue weighted by atomic mass is 10.1. The van der Waals surface area contributed by atoms with Crippen LogP contribution in [0.2, 0.25) is 0 Å². The lowest BCUT2D eigenvalue weighted by Gasteiger charge is -2.26. The first-order valence-corrected chi connectivity index (χ1v) is 9.51. The van der Waals surface area contributed by atoms with E-state index in [1.807, 2.05) is 0 Å². The van der Waals surface area contributed by atoms with E-state index >= 15 is 0 Å². The van der Waals surface area contributed by atoms with Crippen molar-refractivity contribution in [1.82, 2.24) is 14.9 Å².